The smallest absolute Gasteiger partial charge is 0.274 e. The first kappa shape index (κ1) is 24.8. The molecule has 0 unspecified atom stereocenters. The van der Waals surface area contributed by atoms with E-state index in [0.717, 1.165) is 25.0 Å². The lowest BCUT2D eigenvalue weighted by Crippen LogP contribution is -2.37. The number of carbonyl (C=O) groups is 3. The molecule has 1 fully saturated rings. The monoisotopic (exact) mass is 485 g/mol. The van der Waals surface area contributed by atoms with Crippen molar-refractivity contribution < 1.29 is 23.5 Å². The number of nitrogens with one attached hydrogen (secondary N) is 1. The summed E-state index contributed by atoms with van der Waals surface area (Å²) in [4.78, 5) is 41.8. The summed E-state index contributed by atoms with van der Waals surface area (Å²) in [5.41, 5.74) is 1.39. The van der Waals surface area contributed by atoms with Gasteiger partial charge in [-0.05, 0) is 43.9 Å². The van der Waals surface area contributed by atoms with Crippen molar-refractivity contribution >= 4 is 17.7 Å². The van der Waals surface area contributed by atoms with Crippen LogP contribution in [0.2, 0.25) is 0 Å². The number of hydrogen-bond donors (Lipinski definition) is 1. The molecule has 4 rings (SSSR count). The Kier molecular flexibility index (Phi) is 8.12. The van der Waals surface area contributed by atoms with Crippen LogP contribution in [-0.4, -0.2) is 76.2 Å². The van der Waals surface area contributed by atoms with Crippen LogP contribution in [0.1, 0.15) is 59.1 Å². The molecular formula is C25H32FN5O4. The van der Waals surface area contributed by atoms with Gasteiger partial charge in [0.15, 0.2) is 5.69 Å². The van der Waals surface area contributed by atoms with Crippen molar-refractivity contribution in [1.29, 1.82) is 0 Å². The topological polar surface area (TPSA) is 96.8 Å². The summed E-state index contributed by atoms with van der Waals surface area (Å²) in [6.45, 7) is 5.18. The number of halogens is 1. The van der Waals surface area contributed by atoms with Crippen LogP contribution in [-0.2, 0) is 22.6 Å². The number of fused-ring (bicyclic) bond motifs is 1. The first-order valence-electron chi connectivity index (χ1n) is 12.2. The molecule has 1 N–H and O–H groups in total. The fourth-order valence-corrected chi connectivity index (χ4v) is 4.42. The zero-order valence-electron chi connectivity index (χ0n) is 20.0. The van der Waals surface area contributed by atoms with Crippen molar-refractivity contribution in [2.75, 3.05) is 32.8 Å². The number of rotatable bonds is 9. The van der Waals surface area contributed by atoms with Crippen LogP contribution in [0.25, 0.3) is 0 Å². The lowest BCUT2D eigenvalue weighted by molar-refractivity contribution is -0.121. The predicted octanol–water partition coefficient (Wildman–Crippen LogP) is 2.22. The maximum Gasteiger partial charge on any atom is 0.274 e. The first-order valence-corrected chi connectivity index (χ1v) is 12.2. The molecule has 0 saturated carbocycles. The summed E-state index contributed by atoms with van der Waals surface area (Å²) in [5, 5.41) is 7.28. The Balaban J connectivity index is 1.36. The minimum Gasteiger partial charge on any atom is -0.376 e. The maximum atomic E-state index is 13.2. The highest BCUT2D eigenvalue weighted by Crippen LogP contribution is 2.18. The quantitative estimate of drug-likeness (QED) is 0.588. The van der Waals surface area contributed by atoms with E-state index in [1.165, 1.54) is 18.2 Å². The van der Waals surface area contributed by atoms with E-state index in [2.05, 4.69) is 10.4 Å². The van der Waals surface area contributed by atoms with E-state index in [1.807, 2.05) is 6.92 Å². The molecule has 0 radical (unpaired) electrons. The van der Waals surface area contributed by atoms with Crippen molar-refractivity contribution in [3.63, 3.8) is 0 Å². The van der Waals surface area contributed by atoms with Crippen molar-refractivity contribution in [3.8, 4) is 0 Å². The van der Waals surface area contributed by atoms with Crippen LogP contribution in [0.15, 0.2) is 30.3 Å². The average Bonchev–Trinajstić information content (AvgIpc) is 3.51. The Morgan fingerprint density at radius 2 is 2.03 bits per heavy atom. The lowest BCUT2D eigenvalue weighted by Gasteiger charge is -2.20. The number of hydrogen-bond acceptors (Lipinski definition) is 5. The SMILES string of the molecule is CCN(CCC(=O)NC[C@H]1CCCO1)C(=O)c1cc2n(n1)CCCN(Cc1ccc(F)cc1)C2=O. The zero-order valence-corrected chi connectivity index (χ0v) is 20.0. The Labute approximate surface area is 204 Å². The first-order chi connectivity index (χ1) is 16.9. The Bertz CT molecular complexity index is 1050. The minimum atomic E-state index is -0.321. The van der Waals surface area contributed by atoms with Crippen LogP contribution < -0.4 is 5.32 Å². The molecule has 2 aliphatic heterocycles. The maximum absolute atomic E-state index is 13.2. The zero-order chi connectivity index (χ0) is 24.8. The molecule has 3 amide bonds. The highest BCUT2D eigenvalue weighted by atomic mass is 19.1. The molecule has 1 aromatic heterocycles. The van der Waals surface area contributed by atoms with E-state index in [-0.39, 0.29) is 48.3 Å². The van der Waals surface area contributed by atoms with Crippen LogP contribution in [0, 0.1) is 5.82 Å². The van der Waals surface area contributed by atoms with E-state index in [1.54, 1.807) is 26.6 Å². The fraction of sp³-hybridized carbons (Fsp3) is 0.520. The molecule has 1 saturated heterocycles. The molecule has 35 heavy (non-hydrogen) atoms. The van der Waals surface area contributed by atoms with Crippen molar-refractivity contribution in [2.24, 2.45) is 0 Å². The van der Waals surface area contributed by atoms with Gasteiger partial charge < -0.3 is 19.9 Å². The Morgan fingerprint density at radius 3 is 2.74 bits per heavy atom. The second kappa shape index (κ2) is 11.4. The number of benzene rings is 1. The van der Waals surface area contributed by atoms with E-state index in [9.17, 15) is 18.8 Å². The van der Waals surface area contributed by atoms with Crippen molar-refractivity contribution in [2.45, 2.75) is 51.8 Å². The van der Waals surface area contributed by atoms with Crippen LogP contribution in [0.5, 0.6) is 0 Å². The third kappa shape index (κ3) is 6.25. The van der Waals surface area contributed by atoms with Crippen molar-refractivity contribution in [1.82, 2.24) is 24.9 Å². The summed E-state index contributed by atoms with van der Waals surface area (Å²) in [6, 6.07) is 7.61. The van der Waals surface area contributed by atoms with Crippen LogP contribution in [0.3, 0.4) is 0 Å². The number of aromatic nitrogens is 2. The van der Waals surface area contributed by atoms with Gasteiger partial charge in [-0.3, -0.25) is 19.1 Å². The summed E-state index contributed by atoms with van der Waals surface area (Å²) >= 11 is 0. The van der Waals surface area contributed by atoms with Crippen molar-refractivity contribution in [3.05, 3.63) is 53.1 Å². The van der Waals surface area contributed by atoms with Gasteiger partial charge in [-0.2, -0.15) is 5.10 Å². The molecule has 1 aromatic carbocycles. The third-order valence-corrected chi connectivity index (χ3v) is 6.42. The number of nitrogens with zero attached hydrogens (tertiary/aromatic N) is 4. The highest BCUT2D eigenvalue weighted by molar-refractivity contribution is 5.98. The van der Waals surface area contributed by atoms with Gasteiger partial charge in [0.25, 0.3) is 11.8 Å². The fourth-order valence-electron chi connectivity index (χ4n) is 4.42. The van der Waals surface area contributed by atoms with E-state index in [4.69, 9.17) is 4.74 Å². The van der Waals surface area contributed by atoms with Crippen LogP contribution >= 0.6 is 0 Å². The molecule has 188 valence electrons. The molecule has 3 heterocycles. The summed E-state index contributed by atoms with van der Waals surface area (Å²) < 4.78 is 20.3. The molecular weight excluding hydrogens is 453 g/mol. The van der Waals surface area contributed by atoms with Gasteiger partial charge in [0.1, 0.15) is 11.5 Å². The molecule has 0 bridgehead atoms. The molecule has 1 atom stereocenters. The molecule has 2 aromatic rings. The minimum absolute atomic E-state index is 0.0731. The number of amides is 3. The summed E-state index contributed by atoms with van der Waals surface area (Å²) in [5.74, 6) is -0.968. The van der Waals surface area contributed by atoms with Gasteiger partial charge in [0.2, 0.25) is 5.91 Å². The van der Waals surface area contributed by atoms with E-state index >= 15 is 0 Å². The molecule has 10 heteroatoms. The molecule has 0 aliphatic carbocycles. The number of aryl methyl sites for hydroxylation is 1. The molecule has 2 aliphatic rings. The molecule has 9 nitrogen and oxygen atoms in total. The van der Waals surface area contributed by atoms with Gasteiger partial charge in [-0.15, -0.1) is 0 Å². The lowest BCUT2D eigenvalue weighted by atomic mass is 10.2. The van der Waals surface area contributed by atoms with Gasteiger partial charge in [-0.25, -0.2) is 4.39 Å². The van der Waals surface area contributed by atoms with E-state index in [0.29, 0.717) is 44.8 Å². The van der Waals surface area contributed by atoms with Crippen LogP contribution in [0.4, 0.5) is 4.39 Å². The highest BCUT2D eigenvalue weighted by Gasteiger charge is 2.28. The number of carbonyl (C=O) groups excluding carboxylic acids is 3. The Morgan fingerprint density at radius 1 is 1.23 bits per heavy atom. The van der Waals surface area contributed by atoms with Gasteiger partial charge in [-0.1, -0.05) is 12.1 Å². The normalized spacial score (nSPS) is 17.7. The van der Waals surface area contributed by atoms with Gasteiger partial charge >= 0.3 is 0 Å². The average molecular weight is 486 g/mol. The predicted molar refractivity (Wildman–Crippen MR) is 126 cm³/mol. The largest absolute Gasteiger partial charge is 0.376 e. The summed E-state index contributed by atoms with van der Waals surface area (Å²) in [7, 11) is 0. The Hall–Kier alpha value is -3.27. The molecule has 0 spiro atoms. The summed E-state index contributed by atoms with van der Waals surface area (Å²) in [6.07, 6.45) is 2.91. The second-order valence-corrected chi connectivity index (χ2v) is 8.92. The van der Waals surface area contributed by atoms with Gasteiger partial charge in [0.05, 0.1) is 6.10 Å². The van der Waals surface area contributed by atoms with E-state index < -0.39 is 0 Å². The van der Waals surface area contributed by atoms with Gasteiger partial charge in [0, 0.05) is 58.4 Å². The second-order valence-electron chi connectivity index (χ2n) is 8.92. The third-order valence-electron chi connectivity index (χ3n) is 6.42. The standard InChI is InChI=1S/C25H32FN5O4/c1-2-29(13-10-23(32)27-16-20-5-3-14-35-20)24(33)21-15-22-25(34)30(11-4-12-31(22)28-21)17-18-6-8-19(26)9-7-18/h6-9,15,20H,2-5,10-14,16-17H2,1H3,(H,27,32)/t20-/m1/s1. The number of ether oxygens (including phenoxy) is 1.